The zero-order valence-corrected chi connectivity index (χ0v) is 16.7. The fourth-order valence-electron chi connectivity index (χ4n) is 3.02. The van der Waals surface area contributed by atoms with Crippen LogP contribution in [0, 0.1) is 0 Å². The Bertz CT molecular complexity index is 689. The molecule has 1 fully saturated rings. The summed E-state index contributed by atoms with van der Waals surface area (Å²) in [7, 11) is 3.90. The molecule has 1 unspecified atom stereocenters. The monoisotopic (exact) mass is 370 g/mol. The van der Waals surface area contributed by atoms with Crippen LogP contribution in [0.4, 0.5) is 11.9 Å². The summed E-state index contributed by atoms with van der Waals surface area (Å²) in [6, 6.07) is 10.6. The number of rotatable bonds is 7. The Balaban J connectivity index is 1.86. The van der Waals surface area contributed by atoms with Gasteiger partial charge in [-0.05, 0) is 5.56 Å². The molecular weight excluding hydrogens is 340 g/mol. The lowest BCUT2D eigenvalue weighted by Gasteiger charge is -2.31. The van der Waals surface area contributed by atoms with Crippen LogP contribution in [-0.4, -0.2) is 66.8 Å². The Labute approximate surface area is 161 Å². The van der Waals surface area contributed by atoms with Crippen LogP contribution in [0.25, 0.3) is 0 Å². The summed E-state index contributed by atoms with van der Waals surface area (Å²) in [6.07, 6.45) is 0. The van der Waals surface area contributed by atoms with Gasteiger partial charge in [-0.3, -0.25) is 4.90 Å². The van der Waals surface area contributed by atoms with Gasteiger partial charge in [0, 0.05) is 39.6 Å². The summed E-state index contributed by atoms with van der Waals surface area (Å²) < 4.78 is 5.49. The highest BCUT2D eigenvalue weighted by Crippen LogP contribution is 2.22. The van der Waals surface area contributed by atoms with Crippen molar-refractivity contribution in [3.05, 3.63) is 41.7 Å². The normalized spacial score (nSPS) is 16.3. The molecule has 1 aliphatic heterocycles. The number of hydrogen-bond donors (Lipinski definition) is 1. The molecule has 0 spiro atoms. The molecule has 1 N–H and O–H groups in total. The van der Waals surface area contributed by atoms with Crippen LogP contribution in [-0.2, 0) is 4.74 Å². The highest BCUT2D eigenvalue weighted by atomic mass is 16.5. The standard InChI is InChI=1S/C20H30N6O/c1-15(2)18-22-19(24-20(23-18)25(3)4)21-17(16-8-6-5-7-9-16)14-26-10-12-27-13-11-26/h5-9,15,17H,10-14H2,1-4H3,(H,21,22,23,24). The number of nitrogens with zero attached hydrogens (tertiary/aromatic N) is 5. The smallest absolute Gasteiger partial charge is 0.229 e. The zero-order chi connectivity index (χ0) is 19.2. The van der Waals surface area contributed by atoms with Crippen LogP contribution >= 0.6 is 0 Å². The molecule has 146 valence electrons. The molecule has 1 aromatic heterocycles. The van der Waals surface area contributed by atoms with Crippen molar-refractivity contribution in [1.82, 2.24) is 19.9 Å². The van der Waals surface area contributed by atoms with Crippen LogP contribution in [0.1, 0.15) is 37.2 Å². The van der Waals surface area contributed by atoms with Crippen LogP contribution in [0.15, 0.2) is 30.3 Å². The summed E-state index contributed by atoms with van der Waals surface area (Å²) in [5.74, 6) is 2.34. The SMILES string of the molecule is CC(C)c1nc(NC(CN2CCOCC2)c2ccccc2)nc(N(C)C)n1. The minimum absolute atomic E-state index is 0.0988. The van der Waals surface area contributed by atoms with Crippen molar-refractivity contribution >= 4 is 11.9 Å². The molecule has 0 radical (unpaired) electrons. The van der Waals surface area contributed by atoms with Gasteiger partial charge in [0.25, 0.3) is 0 Å². The van der Waals surface area contributed by atoms with Crippen molar-refractivity contribution in [2.45, 2.75) is 25.8 Å². The van der Waals surface area contributed by atoms with Crippen molar-refractivity contribution in [3.8, 4) is 0 Å². The number of nitrogens with one attached hydrogen (secondary N) is 1. The number of ether oxygens (including phenoxy) is 1. The van der Waals surface area contributed by atoms with E-state index in [4.69, 9.17) is 4.74 Å². The van der Waals surface area contributed by atoms with E-state index in [1.165, 1.54) is 5.56 Å². The van der Waals surface area contributed by atoms with Gasteiger partial charge in [0.1, 0.15) is 5.82 Å². The Morgan fingerprint density at radius 1 is 1.07 bits per heavy atom. The first-order chi connectivity index (χ1) is 13.0. The molecule has 3 rings (SSSR count). The third kappa shape index (κ3) is 5.37. The molecule has 1 aromatic carbocycles. The summed E-state index contributed by atoms with van der Waals surface area (Å²) in [5.41, 5.74) is 1.22. The number of anilines is 2. The lowest BCUT2D eigenvalue weighted by Crippen LogP contribution is -2.40. The van der Waals surface area contributed by atoms with Gasteiger partial charge in [0.2, 0.25) is 11.9 Å². The molecule has 1 atom stereocenters. The van der Waals surface area contributed by atoms with Crippen LogP contribution in [0.5, 0.6) is 0 Å². The highest BCUT2D eigenvalue weighted by Gasteiger charge is 2.20. The van der Waals surface area contributed by atoms with Crippen molar-refractivity contribution in [1.29, 1.82) is 0 Å². The summed E-state index contributed by atoms with van der Waals surface area (Å²) in [6.45, 7) is 8.55. The molecule has 0 aliphatic carbocycles. The van der Waals surface area contributed by atoms with E-state index < -0.39 is 0 Å². The first-order valence-electron chi connectivity index (χ1n) is 9.58. The van der Waals surface area contributed by atoms with Gasteiger partial charge >= 0.3 is 0 Å². The highest BCUT2D eigenvalue weighted by molar-refractivity contribution is 5.39. The topological polar surface area (TPSA) is 66.4 Å². The molecule has 27 heavy (non-hydrogen) atoms. The van der Waals surface area contributed by atoms with E-state index in [1.807, 2.05) is 25.1 Å². The maximum absolute atomic E-state index is 5.49. The summed E-state index contributed by atoms with van der Waals surface area (Å²) >= 11 is 0. The van der Waals surface area contributed by atoms with E-state index in [1.54, 1.807) is 0 Å². The fourth-order valence-corrected chi connectivity index (χ4v) is 3.02. The second-order valence-corrected chi connectivity index (χ2v) is 7.39. The molecule has 1 aliphatic rings. The Hall–Kier alpha value is -2.25. The predicted octanol–water partition coefficient (Wildman–Crippen LogP) is 2.55. The molecule has 0 bridgehead atoms. The van der Waals surface area contributed by atoms with Gasteiger partial charge in [-0.25, -0.2) is 0 Å². The molecule has 2 heterocycles. The second-order valence-electron chi connectivity index (χ2n) is 7.39. The van der Waals surface area contributed by atoms with Gasteiger partial charge < -0.3 is 15.0 Å². The molecule has 0 amide bonds. The molecule has 0 saturated carbocycles. The molecule has 1 saturated heterocycles. The maximum atomic E-state index is 5.49. The van der Waals surface area contributed by atoms with E-state index in [2.05, 4.69) is 63.3 Å². The lowest BCUT2D eigenvalue weighted by molar-refractivity contribution is 0.0360. The number of benzene rings is 1. The van der Waals surface area contributed by atoms with Gasteiger partial charge in [0.15, 0.2) is 0 Å². The van der Waals surface area contributed by atoms with E-state index in [9.17, 15) is 0 Å². The lowest BCUT2D eigenvalue weighted by atomic mass is 10.1. The third-order valence-corrected chi connectivity index (χ3v) is 4.61. The first kappa shape index (κ1) is 19.5. The number of hydrogen-bond acceptors (Lipinski definition) is 7. The average Bonchev–Trinajstić information content (AvgIpc) is 2.68. The Morgan fingerprint density at radius 3 is 2.41 bits per heavy atom. The largest absolute Gasteiger partial charge is 0.379 e. The van der Waals surface area contributed by atoms with E-state index in [0.717, 1.165) is 38.7 Å². The number of morpholine rings is 1. The average molecular weight is 371 g/mol. The second kappa shape index (κ2) is 9.10. The van der Waals surface area contributed by atoms with E-state index >= 15 is 0 Å². The number of aromatic nitrogens is 3. The summed E-state index contributed by atoms with van der Waals surface area (Å²) in [5, 5.41) is 3.56. The van der Waals surface area contributed by atoms with Crippen molar-refractivity contribution in [3.63, 3.8) is 0 Å². The van der Waals surface area contributed by atoms with Crippen molar-refractivity contribution < 1.29 is 4.74 Å². The minimum Gasteiger partial charge on any atom is -0.379 e. The van der Waals surface area contributed by atoms with Gasteiger partial charge in [-0.15, -0.1) is 0 Å². The first-order valence-corrected chi connectivity index (χ1v) is 9.58. The molecular formula is C20H30N6O. The van der Waals surface area contributed by atoms with Gasteiger partial charge in [-0.1, -0.05) is 44.2 Å². The minimum atomic E-state index is 0.0988. The Morgan fingerprint density at radius 2 is 1.78 bits per heavy atom. The summed E-state index contributed by atoms with van der Waals surface area (Å²) in [4.78, 5) is 18.2. The van der Waals surface area contributed by atoms with Gasteiger partial charge in [-0.2, -0.15) is 15.0 Å². The van der Waals surface area contributed by atoms with Crippen LogP contribution < -0.4 is 10.2 Å². The molecule has 2 aromatic rings. The van der Waals surface area contributed by atoms with E-state index in [0.29, 0.717) is 11.9 Å². The fraction of sp³-hybridized carbons (Fsp3) is 0.550. The van der Waals surface area contributed by atoms with Crippen LogP contribution in [0.3, 0.4) is 0 Å². The quantitative estimate of drug-likeness (QED) is 0.803. The third-order valence-electron chi connectivity index (χ3n) is 4.61. The van der Waals surface area contributed by atoms with Gasteiger partial charge in [0.05, 0.1) is 19.3 Å². The Kier molecular flexibility index (Phi) is 6.58. The van der Waals surface area contributed by atoms with E-state index in [-0.39, 0.29) is 12.0 Å². The predicted molar refractivity (Wildman–Crippen MR) is 108 cm³/mol. The molecule has 7 heteroatoms. The maximum Gasteiger partial charge on any atom is 0.229 e. The van der Waals surface area contributed by atoms with Crippen molar-refractivity contribution in [2.24, 2.45) is 0 Å². The zero-order valence-electron chi connectivity index (χ0n) is 16.7. The van der Waals surface area contributed by atoms with Crippen LogP contribution in [0.2, 0.25) is 0 Å². The molecule has 7 nitrogen and oxygen atoms in total. The van der Waals surface area contributed by atoms with Crippen molar-refractivity contribution in [2.75, 3.05) is 57.2 Å².